The summed E-state index contributed by atoms with van der Waals surface area (Å²) >= 11 is 0. The van der Waals surface area contributed by atoms with E-state index in [1.165, 1.54) is 6.07 Å². The highest BCUT2D eigenvalue weighted by Gasteiger charge is 2.32. The second-order valence-corrected chi connectivity index (χ2v) is 8.81. The van der Waals surface area contributed by atoms with E-state index in [2.05, 4.69) is 30.4 Å². The van der Waals surface area contributed by atoms with Gasteiger partial charge in [-0.05, 0) is 32.0 Å². The van der Waals surface area contributed by atoms with E-state index in [1.807, 2.05) is 11.8 Å². The van der Waals surface area contributed by atoms with Gasteiger partial charge >= 0.3 is 6.18 Å². The number of halogens is 3. The molecule has 0 radical (unpaired) electrons. The topological polar surface area (TPSA) is 113 Å². The van der Waals surface area contributed by atoms with Crippen LogP contribution in [0.15, 0.2) is 36.8 Å². The second kappa shape index (κ2) is 10.1. The molecule has 0 saturated carbocycles. The fourth-order valence-corrected chi connectivity index (χ4v) is 4.17. The van der Waals surface area contributed by atoms with E-state index in [0.29, 0.717) is 37.6 Å². The van der Waals surface area contributed by atoms with Gasteiger partial charge < -0.3 is 20.3 Å². The van der Waals surface area contributed by atoms with Crippen molar-refractivity contribution in [2.24, 2.45) is 0 Å². The largest absolute Gasteiger partial charge is 0.417 e. The number of alkyl halides is 3. The smallest absolute Gasteiger partial charge is 0.394 e. The molecule has 4 N–H and O–H groups in total. The Hall–Kier alpha value is -3.38. The van der Waals surface area contributed by atoms with Gasteiger partial charge in [-0.25, -0.2) is 4.98 Å². The molecule has 1 amide bonds. The van der Waals surface area contributed by atoms with Crippen LogP contribution in [0.25, 0.3) is 11.4 Å². The summed E-state index contributed by atoms with van der Waals surface area (Å²) in [7, 11) is 0. The zero-order valence-electron chi connectivity index (χ0n) is 19.4. The van der Waals surface area contributed by atoms with Crippen LogP contribution in [0.3, 0.4) is 0 Å². The molecule has 1 unspecified atom stereocenters. The van der Waals surface area contributed by atoms with Crippen LogP contribution in [0.1, 0.15) is 35.3 Å². The molecule has 0 aliphatic carbocycles. The van der Waals surface area contributed by atoms with Gasteiger partial charge in [-0.3, -0.25) is 14.8 Å². The van der Waals surface area contributed by atoms with Crippen LogP contribution in [0.2, 0.25) is 0 Å². The van der Waals surface area contributed by atoms with E-state index < -0.39 is 11.7 Å². The van der Waals surface area contributed by atoms with Crippen molar-refractivity contribution in [2.75, 3.05) is 31.1 Å². The third-order valence-electron chi connectivity index (χ3n) is 6.06. The Balaban J connectivity index is 1.39. The number of anilines is 1. The minimum absolute atomic E-state index is 0.0534. The number of hydrogen-bond acceptors (Lipinski definition) is 6. The van der Waals surface area contributed by atoms with Crippen LogP contribution in [-0.4, -0.2) is 74.4 Å². The Bertz CT molecular complexity index is 1140. The van der Waals surface area contributed by atoms with E-state index >= 15 is 0 Å². The first-order valence-corrected chi connectivity index (χ1v) is 11.3. The summed E-state index contributed by atoms with van der Waals surface area (Å²) in [4.78, 5) is 23.7. The summed E-state index contributed by atoms with van der Waals surface area (Å²) in [6.07, 6.45) is -0.170. The molecule has 0 spiro atoms. The average molecular weight is 492 g/mol. The van der Waals surface area contributed by atoms with Gasteiger partial charge in [0.15, 0.2) is 0 Å². The van der Waals surface area contributed by atoms with E-state index in [9.17, 15) is 18.0 Å². The Kier molecular flexibility index (Phi) is 7.13. The van der Waals surface area contributed by atoms with Crippen molar-refractivity contribution < 1.29 is 23.1 Å². The number of hydrogen-bond donors (Lipinski definition) is 4. The molecule has 4 heterocycles. The fourth-order valence-electron chi connectivity index (χ4n) is 4.17. The highest BCUT2D eigenvalue weighted by atomic mass is 19.4. The van der Waals surface area contributed by atoms with Gasteiger partial charge in [0.1, 0.15) is 5.82 Å². The Labute approximate surface area is 200 Å². The number of pyridine rings is 1. The zero-order chi connectivity index (χ0) is 25.2. The number of H-pyrrole nitrogens is 2. The minimum atomic E-state index is -4.40. The van der Waals surface area contributed by atoms with E-state index in [0.717, 1.165) is 29.2 Å². The molecule has 4 rings (SSSR count). The molecule has 35 heavy (non-hydrogen) atoms. The summed E-state index contributed by atoms with van der Waals surface area (Å²) < 4.78 is 38.5. The van der Waals surface area contributed by atoms with E-state index in [-0.39, 0.29) is 24.6 Å². The normalized spacial score (nSPS) is 18.0. The van der Waals surface area contributed by atoms with Crippen molar-refractivity contribution in [3.8, 4) is 11.4 Å². The quantitative estimate of drug-likeness (QED) is 0.404. The average Bonchev–Trinajstić information content (AvgIpc) is 3.48. The number of nitrogens with one attached hydrogen (secondary N) is 3. The highest BCUT2D eigenvalue weighted by molar-refractivity contribution is 5.95. The van der Waals surface area contributed by atoms with E-state index in [4.69, 9.17) is 5.11 Å². The number of rotatable bonds is 7. The molecule has 1 saturated heterocycles. The van der Waals surface area contributed by atoms with Gasteiger partial charge in [-0.2, -0.15) is 18.3 Å². The lowest BCUT2D eigenvalue weighted by atomic mass is 10.1. The molecule has 188 valence electrons. The summed E-state index contributed by atoms with van der Waals surface area (Å²) in [6.45, 7) is 6.24. The molecular weight excluding hydrogens is 463 g/mol. The van der Waals surface area contributed by atoms with Crippen LogP contribution in [0.5, 0.6) is 0 Å². The number of carbonyl (C=O) groups is 1. The SMILES string of the molecule is CC(CO)NC(=O)c1c[nH]c(-c2[nH]ncc2CN2CCN(c3ccc(C(F)(F)F)cn3)[C@H](C)C2)c1. The standard InChI is InChI=1S/C23H28F3N7O2/c1-14(13-34)30-22(35)16-7-19(27-8-16)21-17(9-29-31-21)12-32-5-6-33(15(2)11-32)20-4-3-18(10-28-20)23(24,25)26/h3-4,7-10,14-15,27,34H,5-6,11-13H2,1-2H3,(H,29,31)(H,30,35)/t14?,15-/m1/s1. The summed E-state index contributed by atoms with van der Waals surface area (Å²) in [5.74, 6) is 0.249. The molecular formula is C23H28F3N7O2. The number of aromatic nitrogens is 4. The third-order valence-corrected chi connectivity index (χ3v) is 6.06. The number of amides is 1. The van der Waals surface area contributed by atoms with Crippen molar-refractivity contribution in [1.82, 2.24) is 30.4 Å². The zero-order valence-corrected chi connectivity index (χ0v) is 19.4. The van der Waals surface area contributed by atoms with Crippen LogP contribution in [0.4, 0.5) is 19.0 Å². The fraction of sp³-hybridized carbons (Fsp3) is 0.435. The van der Waals surface area contributed by atoms with E-state index in [1.54, 1.807) is 25.4 Å². The van der Waals surface area contributed by atoms with Crippen LogP contribution < -0.4 is 10.2 Å². The van der Waals surface area contributed by atoms with Crippen LogP contribution in [-0.2, 0) is 12.7 Å². The number of carbonyl (C=O) groups excluding carboxylic acids is 1. The van der Waals surface area contributed by atoms with Crippen molar-refractivity contribution in [1.29, 1.82) is 0 Å². The van der Waals surface area contributed by atoms with Crippen molar-refractivity contribution in [3.63, 3.8) is 0 Å². The molecule has 0 aromatic carbocycles. The van der Waals surface area contributed by atoms with Crippen molar-refractivity contribution >= 4 is 11.7 Å². The first kappa shape index (κ1) is 24.7. The van der Waals surface area contributed by atoms with Crippen molar-refractivity contribution in [3.05, 3.63) is 53.5 Å². The highest BCUT2D eigenvalue weighted by Crippen LogP contribution is 2.30. The molecule has 1 aliphatic heterocycles. The van der Waals surface area contributed by atoms with Gasteiger partial charge in [0.25, 0.3) is 5.91 Å². The third kappa shape index (κ3) is 5.65. The predicted octanol–water partition coefficient (Wildman–Crippen LogP) is 2.64. The van der Waals surface area contributed by atoms with Gasteiger partial charge in [0.2, 0.25) is 0 Å². The Morgan fingerprint density at radius 1 is 1.31 bits per heavy atom. The summed E-state index contributed by atoms with van der Waals surface area (Å²) in [6, 6.07) is 3.92. The second-order valence-electron chi connectivity index (χ2n) is 8.81. The Morgan fingerprint density at radius 2 is 2.11 bits per heavy atom. The first-order chi connectivity index (χ1) is 16.7. The molecule has 12 heteroatoms. The predicted molar refractivity (Wildman–Crippen MR) is 124 cm³/mol. The lowest BCUT2D eigenvalue weighted by Gasteiger charge is -2.40. The summed E-state index contributed by atoms with van der Waals surface area (Å²) in [5.41, 5.74) is 2.15. The van der Waals surface area contributed by atoms with Gasteiger partial charge in [-0.1, -0.05) is 0 Å². The summed E-state index contributed by atoms with van der Waals surface area (Å²) in [5, 5.41) is 19.0. The van der Waals surface area contributed by atoms with Crippen LogP contribution >= 0.6 is 0 Å². The molecule has 9 nitrogen and oxygen atoms in total. The lowest BCUT2D eigenvalue weighted by Crippen LogP contribution is -2.51. The molecule has 2 atom stereocenters. The number of aromatic amines is 2. The van der Waals surface area contributed by atoms with Crippen molar-refractivity contribution in [2.45, 2.75) is 38.7 Å². The minimum Gasteiger partial charge on any atom is -0.394 e. The van der Waals surface area contributed by atoms with Crippen LogP contribution in [0, 0.1) is 0 Å². The van der Waals surface area contributed by atoms with Gasteiger partial charge in [-0.15, -0.1) is 0 Å². The van der Waals surface area contributed by atoms with Gasteiger partial charge in [0, 0.05) is 56.2 Å². The lowest BCUT2D eigenvalue weighted by molar-refractivity contribution is -0.137. The van der Waals surface area contributed by atoms with Gasteiger partial charge in [0.05, 0.1) is 35.3 Å². The maximum atomic E-state index is 12.8. The molecule has 0 bridgehead atoms. The Morgan fingerprint density at radius 3 is 2.77 bits per heavy atom. The number of aliphatic hydroxyl groups excluding tert-OH is 1. The molecule has 3 aromatic heterocycles. The monoisotopic (exact) mass is 491 g/mol. The number of aliphatic hydroxyl groups is 1. The maximum Gasteiger partial charge on any atom is 0.417 e. The molecule has 1 fully saturated rings. The molecule has 1 aliphatic rings. The molecule has 3 aromatic rings. The number of piperazine rings is 1. The maximum absolute atomic E-state index is 12.8. The first-order valence-electron chi connectivity index (χ1n) is 11.3. The number of nitrogens with zero attached hydrogens (tertiary/aromatic N) is 4.